The normalized spacial score (nSPS) is 11.2. The molecule has 100 valence electrons. The number of sulfone groups is 1. The average molecular weight is 277 g/mol. The van der Waals surface area contributed by atoms with Crippen molar-refractivity contribution in [1.82, 2.24) is 0 Å². The van der Waals surface area contributed by atoms with Gasteiger partial charge in [-0.15, -0.1) is 0 Å². The van der Waals surface area contributed by atoms with Gasteiger partial charge in [0.05, 0.1) is 12.9 Å². The quantitative estimate of drug-likeness (QED) is 0.870. The van der Waals surface area contributed by atoms with Gasteiger partial charge in [0.2, 0.25) is 0 Å². The predicted octanol–water partition coefficient (Wildman–Crippen LogP) is 2.25. The molecule has 0 radical (unpaired) electrons. The van der Waals surface area contributed by atoms with Crippen LogP contribution in [0.5, 0.6) is 5.75 Å². The maximum Gasteiger partial charge on any atom is 0.186 e. The molecule has 0 aliphatic heterocycles. The third-order valence-corrected chi connectivity index (χ3v) is 4.46. The monoisotopic (exact) mass is 277 g/mol. The molecule has 19 heavy (non-hydrogen) atoms. The lowest BCUT2D eigenvalue weighted by molar-refractivity contribution is 0.402. The Hall–Kier alpha value is -2.01. The molecule has 2 aromatic carbocycles. The third kappa shape index (κ3) is 3.06. The highest BCUT2D eigenvalue weighted by molar-refractivity contribution is 7.90. The van der Waals surface area contributed by atoms with E-state index in [1.165, 1.54) is 7.11 Å². The smallest absolute Gasteiger partial charge is 0.186 e. The first-order valence-corrected chi connectivity index (χ1v) is 7.38. The first-order chi connectivity index (χ1) is 9.03. The van der Waals surface area contributed by atoms with Crippen molar-refractivity contribution in [1.29, 1.82) is 0 Å². The van der Waals surface area contributed by atoms with Gasteiger partial charge in [0.15, 0.2) is 9.84 Å². The van der Waals surface area contributed by atoms with Crippen LogP contribution in [0, 0.1) is 0 Å². The molecular formula is C14H15NO3S. The number of benzene rings is 2. The average Bonchev–Trinajstić information content (AvgIpc) is 2.41. The van der Waals surface area contributed by atoms with Crippen LogP contribution in [-0.4, -0.2) is 15.5 Å². The van der Waals surface area contributed by atoms with Crippen LogP contribution in [0.25, 0.3) is 0 Å². The van der Waals surface area contributed by atoms with Gasteiger partial charge in [-0.1, -0.05) is 24.3 Å². The van der Waals surface area contributed by atoms with E-state index in [9.17, 15) is 8.42 Å². The Kier molecular flexibility index (Phi) is 3.76. The highest BCUT2D eigenvalue weighted by Crippen LogP contribution is 2.26. The van der Waals surface area contributed by atoms with Crippen LogP contribution >= 0.6 is 0 Å². The molecule has 0 aromatic heterocycles. The van der Waals surface area contributed by atoms with E-state index in [0.29, 0.717) is 17.0 Å². The van der Waals surface area contributed by atoms with Gasteiger partial charge in [-0.3, -0.25) is 0 Å². The fourth-order valence-corrected chi connectivity index (χ4v) is 3.32. The molecule has 0 heterocycles. The van der Waals surface area contributed by atoms with Gasteiger partial charge >= 0.3 is 0 Å². The van der Waals surface area contributed by atoms with Gasteiger partial charge < -0.3 is 10.5 Å². The molecule has 0 saturated heterocycles. The Morgan fingerprint density at radius 2 is 1.68 bits per heavy atom. The van der Waals surface area contributed by atoms with Crippen LogP contribution < -0.4 is 10.5 Å². The Labute approximate surface area is 112 Å². The van der Waals surface area contributed by atoms with Crippen molar-refractivity contribution < 1.29 is 13.2 Å². The SMILES string of the molecule is COc1ccccc1S(=O)(=O)Cc1ccc(N)cc1. The maximum atomic E-state index is 12.4. The van der Waals surface area contributed by atoms with E-state index in [2.05, 4.69) is 0 Å². The number of hydrogen-bond acceptors (Lipinski definition) is 4. The summed E-state index contributed by atoms with van der Waals surface area (Å²) in [6.07, 6.45) is 0. The summed E-state index contributed by atoms with van der Waals surface area (Å²) in [4.78, 5) is 0.203. The minimum atomic E-state index is -3.43. The number of ether oxygens (including phenoxy) is 1. The lowest BCUT2D eigenvalue weighted by Gasteiger charge is -2.09. The molecule has 2 N–H and O–H groups in total. The summed E-state index contributed by atoms with van der Waals surface area (Å²) in [5.41, 5.74) is 6.88. The number of para-hydroxylation sites is 1. The Balaban J connectivity index is 2.35. The fraction of sp³-hybridized carbons (Fsp3) is 0.143. The fourth-order valence-electron chi connectivity index (χ4n) is 1.79. The van der Waals surface area contributed by atoms with Gasteiger partial charge in [0.1, 0.15) is 10.6 Å². The molecule has 0 aliphatic carbocycles. The number of hydrogen-bond donors (Lipinski definition) is 1. The predicted molar refractivity (Wildman–Crippen MR) is 74.7 cm³/mol. The first kappa shape index (κ1) is 13.4. The zero-order chi connectivity index (χ0) is 13.9. The summed E-state index contributed by atoms with van der Waals surface area (Å²) in [7, 11) is -1.98. The molecule has 0 bridgehead atoms. The summed E-state index contributed by atoms with van der Waals surface area (Å²) < 4.78 is 29.8. The Morgan fingerprint density at radius 1 is 1.05 bits per heavy atom. The molecule has 2 rings (SSSR count). The van der Waals surface area contributed by atoms with Crippen LogP contribution in [0.15, 0.2) is 53.4 Å². The second-order valence-corrected chi connectivity index (χ2v) is 6.11. The molecule has 5 heteroatoms. The third-order valence-electron chi connectivity index (χ3n) is 2.74. The number of nitrogens with two attached hydrogens (primary N) is 1. The topological polar surface area (TPSA) is 69.4 Å². The van der Waals surface area contributed by atoms with E-state index in [1.807, 2.05) is 0 Å². The largest absolute Gasteiger partial charge is 0.495 e. The van der Waals surface area contributed by atoms with Crippen molar-refractivity contribution in [3.8, 4) is 5.75 Å². The molecule has 4 nitrogen and oxygen atoms in total. The van der Waals surface area contributed by atoms with Gasteiger partial charge in [-0.05, 0) is 29.8 Å². The minimum absolute atomic E-state index is 0.0757. The molecule has 0 spiro atoms. The summed E-state index contributed by atoms with van der Waals surface area (Å²) >= 11 is 0. The highest BCUT2D eigenvalue weighted by atomic mass is 32.2. The summed E-state index contributed by atoms with van der Waals surface area (Å²) in [5, 5.41) is 0. The van der Waals surface area contributed by atoms with Crippen molar-refractivity contribution in [3.05, 3.63) is 54.1 Å². The van der Waals surface area contributed by atoms with Gasteiger partial charge in [0, 0.05) is 5.69 Å². The molecule has 0 aliphatic rings. The molecule has 2 aromatic rings. The van der Waals surface area contributed by atoms with E-state index in [1.54, 1.807) is 48.5 Å². The lowest BCUT2D eigenvalue weighted by Crippen LogP contribution is -2.06. The second kappa shape index (κ2) is 5.32. The minimum Gasteiger partial charge on any atom is -0.495 e. The second-order valence-electron chi connectivity index (χ2n) is 4.15. The van der Waals surface area contributed by atoms with E-state index in [0.717, 1.165) is 0 Å². The number of nitrogen functional groups attached to an aromatic ring is 1. The highest BCUT2D eigenvalue weighted by Gasteiger charge is 2.19. The van der Waals surface area contributed by atoms with E-state index >= 15 is 0 Å². The van der Waals surface area contributed by atoms with Crippen LogP contribution in [-0.2, 0) is 15.6 Å². The van der Waals surface area contributed by atoms with Crippen molar-refractivity contribution in [3.63, 3.8) is 0 Å². The maximum absolute atomic E-state index is 12.4. The summed E-state index contributed by atoms with van der Waals surface area (Å²) in [6, 6.07) is 13.4. The van der Waals surface area contributed by atoms with E-state index in [-0.39, 0.29) is 10.6 Å². The van der Waals surface area contributed by atoms with Crippen molar-refractivity contribution in [2.24, 2.45) is 0 Å². The van der Waals surface area contributed by atoms with Crippen LogP contribution in [0.4, 0.5) is 5.69 Å². The van der Waals surface area contributed by atoms with Gasteiger partial charge in [0.25, 0.3) is 0 Å². The number of methoxy groups -OCH3 is 1. The van der Waals surface area contributed by atoms with E-state index < -0.39 is 9.84 Å². The molecule has 0 unspecified atom stereocenters. The Bertz CT molecular complexity index is 663. The van der Waals surface area contributed by atoms with Crippen LogP contribution in [0.2, 0.25) is 0 Å². The zero-order valence-corrected chi connectivity index (χ0v) is 11.4. The molecule has 0 atom stereocenters. The van der Waals surface area contributed by atoms with Crippen molar-refractivity contribution in [2.75, 3.05) is 12.8 Å². The molecule has 0 fully saturated rings. The van der Waals surface area contributed by atoms with Crippen LogP contribution in [0.1, 0.15) is 5.56 Å². The van der Waals surface area contributed by atoms with Crippen LogP contribution in [0.3, 0.4) is 0 Å². The first-order valence-electron chi connectivity index (χ1n) is 5.73. The standard InChI is InChI=1S/C14H15NO3S/c1-18-13-4-2-3-5-14(13)19(16,17)10-11-6-8-12(15)9-7-11/h2-9H,10,15H2,1H3. The molecule has 0 amide bonds. The molecular weight excluding hydrogens is 262 g/mol. The zero-order valence-electron chi connectivity index (χ0n) is 10.5. The van der Waals surface area contributed by atoms with E-state index in [4.69, 9.17) is 10.5 Å². The van der Waals surface area contributed by atoms with Gasteiger partial charge in [-0.25, -0.2) is 8.42 Å². The number of rotatable bonds is 4. The number of anilines is 1. The summed E-state index contributed by atoms with van der Waals surface area (Å²) in [6.45, 7) is 0. The van der Waals surface area contributed by atoms with Gasteiger partial charge in [-0.2, -0.15) is 0 Å². The summed E-state index contributed by atoms with van der Waals surface area (Å²) in [5.74, 6) is 0.283. The lowest BCUT2D eigenvalue weighted by atomic mass is 10.2. The van der Waals surface area contributed by atoms with Crippen molar-refractivity contribution >= 4 is 15.5 Å². The molecule has 0 saturated carbocycles. The van der Waals surface area contributed by atoms with Crippen molar-refractivity contribution in [2.45, 2.75) is 10.6 Å². The Morgan fingerprint density at radius 3 is 2.32 bits per heavy atom.